The van der Waals surface area contributed by atoms with Crippen molar-refractivity contribution in [2.24, 2.45) is 5.92 Å². The van der Waals surface area contributed by atoms with Crippen molar-refractivity contribution >= 4 is 17.6 Å². The Balaban J connectivity index is 3.83. The molecule has 14 heavy (non-hydrogen) atoms. The van der Waals surface area contributed by atoms with Crippen molar-refractivity contribution in [3.8, 4) is 0 Å². The maximum atomic E-state index is 10.9. The van der Waals surface area contributed by atoms with Gasteiger partial charge in [-0.25, -0.2) is 0 Å². The highest BCUT2D eigenvalue weighted by Crippen LogP contribution is 2.02. The average Bonchev–Trinajstić information content (AvgIpc) is 2.13. The van der Waals surface area contributed by atoms with Crippen molar-refractivity contribution in [2.45, 2.75) is 26.7 Å². The molecular weight excluding hydrogens is 180 g/mol. The Labute approximate surface area is 84.3 Å². The van der Waals surface area contributed by atoms with Crippen molar-refractivity contribution in [3.63, 3.8) is 0 Å². The molecule has 0 aliphatic carbocycles. The van der Waals surface area contributed by atoms with Gasteiger partial charge < -0.3 is 10.6 Å². The Bertz CT molecular complexity index is 235. The maximum Gasteiger partial charge on any atom is 0.286 e. The molecule has 4 N–H and O–H groups in total. The van der Waals surface area contributed by atoms with Crippen LogP contribution >= 0.6 is 0 Å². The number of hydrogen-bond donors (Lipinski definition) is 4. The zero-order valence-corrected chi connectivity index (χ0v) is 8.90. The number of amides is 1. The standard InChI is InChI=1S/C9H18N4O/c1-6(2)4-5-7(10)13-8(11)9(14)12-3/h6H,4-5H2,1-3H3,(H,12,14)(H3,10,11,13). The third-order valence-corrected chi connectivity index (χ3v) is 1.70. The molecule has 80 valence electrons. The summed E-state index contributed by atoms with van der Waals surface area (Å²) in [5.41, 5.74) is 0. The first-order chi connectivity index (χ1) is 6.47. The third kappa shape index (κ3) is 5.29. The van der Waals surface area contributed by atoms with Crippen LogP contribution in [0.2, 0.25) is 0 Å². The summed E-state index contributed by atoms with van der Waals surface area (Å²) in [6.45, 7) is 4.13. The summed E-state index contributed by atoms with van der Waals surface area (Å²) in [7, 11) is 1.45. The number of amidine groups is 2. The summed E-state index contributed by atoms with van der Waals surface area (Å²) in [5, 5.41) is 19.4. The van der Waals surface area contributed by atoms with E-state index < -0.39 is 5.91 Å². The van der Waals surface area contributed by atoms with Crippen LogP contribution in [0.25, 0.3) is 0 Å². The van der Waals surface area contributed by atoms with Gasteiger partial charge in [0.25, 0.3) is 5.91 Å². The predicted molar refractivity (Wildman–Crippen MR) is 56.7 cm³/mol. The molecule has 0 aromatic carbocycles. The molecule has 0 heterocycles. The van der Waals surface area contributed by atoms with Crippen LogP contribution in [-0.2, 0) is 4.79 Å². The van der Waals surface area contributed by atoms with Gasteiger partial charge in [0.1, 0.15) is 0 Å². The first kappa shape index (κ1) is 12.6. The van der Waals surface area contributed by atoms with Crippen molar-refractivity contribution < 1.29 is 4.79 Å². The van der Waals surface area contributed by atoms with E-state index in [0.717, 1.165) is 6.42 Å². The van der Waals surface area contributed by atoms with E-state index in [0.29, 0.717) is 12.3 Å². The molecule has 0 atom stereocenters. The fourth-order valence-electron chi connectivity index (χ4n) is 0.828. The van der Waals surface area contributed by atoms with Crippen LogP contribution in [-0.4, -0.2) is 24.6 Å². The van der Waals surface area contributed by atoms with E-state index in [1.54, 1.807) is 0 Å². The Morgan fingerprint density at radius 1 is 1.36 bits per heavy atom. The molecule has 0 radical (unpaired) electrons. The molecule has 0 aliphatic rings. The van der Waals surface area contributed by atoms with Crippen molar-refractivity contribution in [2.75, 3.05) is 7.05 Å². The Kier molecular flexibility index (Phi) is 5.52. The van der Waals surface area contributed by atoms with Gasteiger partial charge in [0.05, 0.1) is 5.84 Å². The van der Waals surface area contributed by atoms with E-state index in [4.69, 9.17) is 10.8 Å². The highest BCUT2D eigenvalue weighted by atomic mass is 16.2. The van der Waals surface area contributed by atoms with Crippen LogP contribution in [0.1, 0.15) is 26.7 Å². The number of rotatable bonds is 3. The van der Waals surface area contributed by atoms with E-state index in [1.165, 1.54) is 7.05 Å². The van der Waals surface area contributed by atoms with Gasteiger partial charge >= 0.3 is 0 Å². The minimum atomic E-state index is -0.501. The van der Waals surface area contributed by atoms with Gasteiger partial charge in [0, 0.05) is 13.5 Å². The normalized spacial score (nSPS) is 9.71. The smallest absolute Gasteiger partial charge is 0.286 e. The molecule has 0 aliphatic heterocycles. The molecule has 0 spiro atoms. The van der Waals surface area contributed by atoms with Crippen molar-refractivity contribution in [3.05, 3.63) is 0 Å². The number of carbonyl (C=O) groups is 1. The first-order valence-electron chi connectivity index (χ1n) is 4.62. The van der Waals surface area contributed by atoms with E-state index in [9.17, 15) is 4.79 Å². The van der Waals surface area contributed by atoms with Gasteiger partial charge in [-0.2, -0.15) is 0 Å². The summed E-state index contributed by atoms with van der Waals surface area (Å²) in [4.78, 5) is 10.9. The number of likely N-dealkylation sites (N-methyl/N-ethyl adjacent to an activating group) is 1. The van der Waals surface area contributed by atoms with Gasteiger partial charge in [-0.1, -0.05) is 13.8 Å². The molecule has 0 unspecified atom stereocenters. The molecule has 0 bridgehead atoms. The summed E-state index contributed by atoms with van der Waals surface area (Å²) in [5.74, 6) is -0.0424. The molecule has 5 nitrogen and oxygen atoms in total. The molecule has 0 aromatic rings. The molecule has 0 saturated carbocycles. The highest BCUT2D eigenvalue weighted by Gasteiger charge is 2.08. The SMILES string of the molecule is CNC(=O)C(=N)NC(=N)CCC(C)C. The molecule has 0 rings (SSSR count). The lowest BCUT2D eigenvalue weighted by Crippen LogP contribution is -2.40. The van der Waals surface area contributed by atoms with Crippen LogP contribution in [0.15, 0.2) is 0 Å². The van der Waals surface area contributed by atoms with Crippen LogP contribution in [0.4, 0.5) is 0 Å². The monoisotopic (exact) mass is 198 g/mol. The molecule has 1 amide bonds. The number of nitrogens with one attached hydrogen (secondary N) is 4. The highest BCUT2D eigenvalue weighted by molar-refractivity contribution is 6.39. The summed E-state index contributed by atoms with van der Waals surface area (Å²) >= 11 is 0. The zero-order chi connectivity index (χ0) is 11.1. The minimum Gasteiger partial charge on any atom is -0.352 e. The van der Waals surface area contributed by atoms with Crippen LogP contribution < -0.4 is 10.6 Å². The first-order valence-corrected chi connectivity index (χ1v) is 4.62. The molecule has 0 aromatic heterocycles. The summed E-state index contributed by atoms with van der Waals surface area (Å²) < 4.78 is 0. The lowest BCUT2D eigenvalue weighted by molar-refractivity contribution is -0.114. The van der Waals surface area contributed by atoms with E-state index in [2.05, 4.69) is 24.5 Å². The maximum absolute atomic E-state index is 10.9. The van der Waals surface area contributed by atoms with E-state index >= 15 is 0 Å². The molecule has 0 fully saturated rings. The third-order valence-electron chi connectivity index (χ3n) is 1.70. The van der Waals surface area contributed by atoms with Crippen LogP contribution in [0, 0.1) is 16.7 Å². The Morgan fingerprint density at radius 3 is 2.36 bits per heavy atom. The number of hydrogen-bond acceptors (Lipinski definition) is 3. The Morgan fingerprint density at radius 2 is 1.93 bits per heavy atom. The fourth-order valence-corrected chi connectivity index (χ4v) is 0.828. The van der Waals surface area contributed by atoms with Gasteiger partial charge in [0.2, 0.25) is 0 Å². The summed E-state index contributed by atoms with van der Waals surface area (Å²) in [6.07, 6.45) is 1.45. The Hall–Kier alpha value is -1.39. The van der Waals surface area contributed by atoms with Crippen LogP contribution in [0.5, 0.6) is 0 Å². The average molecular weight is 198 g/mol. The van der Waals surface area contributed by atoms with Crippen LogP contribution in [0.3, 0.4) is 0 Å². The lowest BCUT2D eigenvalue weighted by Gasteiger charge is -2.08. The second-order valence-electron chi connectivity index (χ2n) is 3.49. The van der Waals surface area contributed by atoms with Gasteiger partial charge in [-0.15, -0.1) is 0 Å². The fraction of sp³-hybridized carbons (Fsp3) is 0.667. The summed E-state index contributed by atoms with van der Waals surface area (Å²) in [6, 6.07) is 0. The van der Waals surface area contributed by atoms with E-state index in [1.807, 2.05) is 0 Å². The van der Waals surface area contributed by atoms with Gasteiger partial charge in [-0.3, -0.25) is 15.6 Å². The predicted octanol–water partition coefficient (Wildman–Crippen LogP) is 0.713. The number of carbonyl (C=O) groups excluding carboxylic acids is 1. The molecule has 5 heteroatoms. The van der Waals surface area contributed by atoms with E-state index in [-0.39, 0.29) is 11.7 Å². The van der Waals surface area contributed by atoms with Gasteiger partial charge in [0.15, 0.2) is 5.84 Å². The van der Waals surface area contributed by atoms with Gasteiger partial charge in [-0.05, 0) is 12.3 Å². The second-order valence-corrected chi connectivity index (χ2v) is 3.49. The topological polar surface area (TPSA) is 88.8 Å². The largest absolute Gasteiger partial charge is 0.352 e. The molecular formula is C9H18N4O. The lowest BCUT2D eigenvalue weighted by atomic mass is 10.1. The molecule has 0 saturated heterocycles. The minimum absolute atomic E-state index is 0.215. The second kappa shape index (κ2) is 6.12. The quantitative estimate of drug-likeness (QED) is 0.397. The van der Waals surface area contributed by atoms with Crippen molar-refractivity contribution in [1.82, 2.24) is 10.6 Å². The van der Waals surface area contributed by atoms with Crippen molar-refractivity contribution in [1.29, 1.82) is 10.8 Å². The zero-order valence-electron chi connectivity index (χ0n) is 8.90.